The van der Waals surface area contributed by atoms with E-state index >= 15 is 0 Å². The van der Waals surface area contributed by atoms with Gasteiger partial charge in [0.25, 0.3) is 17.4 Å². The number of aryl methyl sites for hydroxylation is 1. The van der Waals surface area contributed by atoms with Gasteiger partial charge in [-0.1, -0.05) is 12.1 Å². The van der Waals surface area contributed by atoms with Gasteiger partial charge < -0.3 is 15.4 Å². The molecule has 2 heterocycles. The van der Waals surface area contributed by atoms with Gasteiger partial charge in [-0.3, -0.25) is 14.3 Å². The predicted molar refractivity (Wildman–Crippen MR) is 85.4 cm³/mol. The van der Waals surface area contributed by atoms with Gasteiger partial charge >= 0.3 is 0 Å². The summed E-state index contributed by atoms with van der Waals surface area (Å²) >= 11 is 0. The quantitative estimate of drug-likeness (QED) is 0.848. The minimum Gasteiger partial charge on any atom is -0.466 e. The van der Waals surface area contributed by atoms with Crippen LogP contribution in [0.15, 0.2) is 30.5 Å². The smallest absolute Gasteiger partial charge is 0.278 e. The van der Waals surface area contributed by atoms with Gasteiger partial charge in [0.1, 0.15) is 5.75 Å². The maximum Gasteiger partial charge on any atom is 0.278 e. The van der Waals surface area contributed by atoms with E-state index in [2.05, 4.69) is 15.7 Å². The van der Waals surface area contributed by atoms with Gasteiger partial charge in [-0.25, -0.2) is 0 Å². The summed E-state index contributed by atoms with van der Waals surface area (Å²) in [7, 11) is 0. The van der Waals surface area contributed by atoms with Crippen LogP contribution in [0.25, 0.3) is 0 Å². The molecule has 0 unspecified atom stereocenters. The average Bonchev–Trinajstić information content (AvgIpc) is 2.88. The number of ether oxygens (including phenoxy) is 1. The molecule has 2 amide bonds. The molecule has 2 N–H and O–H groups in total. The van der Waals surface area contributed by atoms with E-state index in [1.165, 1.54) is 6.92 Å². The van der Waals surface area contributed by atoms with Gasteiger partial charge in [0.15, 0.2) is 0 Å². The molecule has 23 heavy (non-hydrogen) atoms. The molecule has 0 aliphatic carbocycles. The lowest BCUT2D eigenvalue weighted by atomic mass is 10.0. The zero-order chi connectivity index (χ0) is 16.6. The Labute approximate surface area is 133 Å². The number of nitrogens with one attached hydrogen (secondary N) is 2. The van der Waals surface area contributed by atoms with E-state index in [0.29, 0.717) is 23.7 Å². The zero-order valence-electron chi connectivity index (χ0n) is 13.2. The third-order valence-electron chi connectivity index (χ3n) is 3.97. The standard InChI is InChI=1S/C16H18N4O3/c1-4-20-10(2)12(9-17-20)19-15(22)16(3)14(21)18-11-7-5-6-8-13(11)23-16/h5-9H,4H2,1-3H3,(H,18,21)(H,19,22)/t16-/m1/s1. The molecule has 0 saturated heterocycles. The summed E-state index contributed by atoms with van der Waals surface area (Å²) in [5.41, 5.74) is 0.293. The van der Waals surface area contributed by atoms with Crippen molar-refractivity contribution in [1.29, 1.82) is 0 Å². The number of amides is 2. The van der Waals surface area contributed by atoms with Crippen LogP contribution in [0.5, 0.6) is 5.75 Å². The van der Waals surface area contributed by atoms with E-state index < -0.39 is 17.4 Å². The van der Waals surface area contributed by atoms with Crippen molar-refractivity contribution in [3.05, 3.63) is 36.2 Å². The van der Waals surface area contributed by atoms with Gasteiger partial charge in [-0.2, -0.15) is 5.10 Å². The van der Waals surface area contributed by atoms with Crippen molar-refractivity contribution in [3.63, 3.8) is 0 Å². The van der Waals surface area contributed by atoms with Gasteiger partial charge in [0.2, 0.25) is 0 Å². The van der Waals surface area contributed by atoms with Crippen LogP contribution in [-0.2, 0) is 16.1 Å². The number of carbonyl (C=O) groups excluding carboxylic acids is 2. The van der Waals surface area contributed by atoms with Crippen LogP contribution in [0.2, 0.25) is 0 Å². The minimum absolute atomic E-state index is 0.464. The molecule has 1 aliphatic rings. The minimum atomic E-state index is -1.64. The summed E-state index contributed by atoms with van der Waals surface area (Å²) in [5, 5.41) is 9.60. The zero-order valence-corrected chi connectivity index (χ0v) is 13.2. The van der Waals surface area contributed by atoms with Gasteiger partial charge in [0, 0.05) is 6.54 Å². The molecule has 0 fully saturated rings. The highest BCUT2D eigenvalue weighted by Gasteiger charge is 2.47. The number of carbonyl (C=O) groups is 2. The lowest BCUT2D eigenvalue weighted by Gasteiger charge is -2.33. The molecular formula is C16H18N4O3. The fraction of sp³-hybridized carbons (Fsp3) is 0.312. The molecule has 1 aromatic heterocycles. The highest BCUT2D eigenvalue weighted by molar-refractivity contribution is 6.19. The Balaban J connectivity index is 1.86. The molecule has 120 valence electrons. The Hall–Kier alpha value is -2.83. The first kappa shape index (κ1) is 15.1. The summed E-state index contributed by atoms with van der Waals surface area (Å²) in [6.07, 6.45) is 1.56. The average molecular weight is 314 g/mol. The first-order chi connectivity index (χ1) is 11.0. The molecule has 2 aromatic rings. The third kappa shape index (κ3) is 2.44. The van der Waals surface area contributed by atoms with Crippen LogP contribution in [0.1, 0.15) is 19.5 Å². The molecule has 7 nitrogen and oxygen atoms in total. The summed E-state index contributed by atoms with van der Waals surface area (Å²) < 4.78 is 7.45. The maximum absolute atomic E-state index is 12.6. The second-order valence-electron chi connectivity index (χ2n) is 5.50. The van der Waals surface area contributed by atoms with E-state index in [1.807, 2.05) is 13.8 Å². The number of fused-ring (bicyclic) bond motifs is 1. The lowest BCUT2D eigenvalue weighted by Crippen LogP contribution is -2.56. The summed E-state index contributed by atoms with van der Waals surface area (Å²) in [5.74, 6) is -0.580. The van der Waals surface area contributed by atoms with E-state index in [4.69, 9.17) is 4.74 Å². The molecule has 1 atom stereocenters. The van der Waals surface area contributed by atoms with Gasteiger partial charge in [0.05, 0.1) is 23.3 Å². The fourth-order valence-electron chi connectivity index (χ4n) is 2.45. The number of para-hydroxylation sites is 2. The normalized spacial score (nSPS) is 19.5. The molecule has 0 bridgehead atoms. The molecule has 3 rings (SSSR count). The van der Waals surface area contributed by atoms with Crippen molar-refractivity contribution in [2.45, 2.75) is 32.9 Å². The molecule has 1 aliphatic heterocycles. The van der Waals surface area contributed by atoms with Crippen LogP contribution in [0.3, 0.4) is 0 Å². The first-order valence-electron chi connectivity index (χ1n) is 7.39. The van der Waals surface area contributed by atoms with Crippen molar-refractivity contribution in [2.24, 2.45) is 0 Å². The van der Waals surface area contributed by atoms with Crippen molar-refractivity contribution in [1.82, 2.24) is 9.78 Å². The monoisotopic (exact) mass is 314 g/mol. The second kappa shape index (κ2) is 5.42. The van der Waals surface area contributed by atoms with Crippen molar-refractivity contribution < 1.29 is 14.3 Å². The maximum atomic E-state index is 12.6. The van der Waals surface area contributed by atoms with E-state index in [9.17, 15) is 9.59 Å². The second-order valence-corrected chi connectivity index (χ2v) is 5.50. The van der Waals surface area contributed by atoms with Crippen molar-refractivity contribution in [3.8, 4) is 5.75 Å². The summed E-state index contributed by atoms with van der Waals surface area (Å²) in [6, 6.07) is 7.00. The number of anilines is 2. The predicted octanol–water partition coefficient (Wildman–Crippen LogP) is 1.94. The van der Waals surface area contributed by atoms with E-state index in [1.54, 1.807) is 35.1 Å². The number of rotatable bonds is 3. The molecule has 1 aromatic carbocycles. The molecular weight excluding hydrogens is 296 g/mol. The van der Waals surface area contributed by atoms with Crippen LogP contribution in [0.4, 0.5) is 11.4 Å². The molecule has 0 spiro atoms. The number of hydrogen-bond donors (Lipinski definition) is 2. The first-order valence-corrected chi connectivity index (χ1v) is 7.39. The van der Waals surface area contributed by atoms with Gasteiger partial charge in [-0.15, -0.1) is 0 Å². The Bertz CT molecular complexity index is 783. The Morgan fingerprint density at radius 2 is 2.17 bits per heavy atom. The summed E-state index contributed by atoms with van der Waals surface area (Å²) in [6.45, 7) is 5.96. The van der Waals surface area contributed by atoms with Crippen molar-refractivity contribution >= 4 is 23.2 Å². The molecule has 0 saturated carbocycles. The fourth-order valence-corrected chi connectivity index (χ4v) is 2.45. The molecule has 0 radical (unpaired) electrons. The van der Waals surface area contributed by atoms with Crippen LogP contribution in [-0.4, -0.2) is 27.2 Å². The highest BCUT2D eigenvalue weighted by atomic mass is 16.5. The lowest BCUT2D eigenvalue weighted by molar-refractivity contribution is -0.143. The van der Waals surface area contributed by atoms with Crippen LogP contribution < -0.4 is 15.4 Å². The van der Waals surface area contributed by atoms with Crippen LogP contribution >= 0.6 is 0 Å². The van der Waals surface area contributed by atoms with E-state index in [-0.39, 0.29) is 0 Å². The number of benzene rings is 1. The molecule has 7 heteroatoms. The number of hydrogen-bond acceptors (Lipinski definition) is 4. The number of nitrogens with zero attached hydrogens (tertiary/aromatic N) is 2. The third-order valence-corrected chi connectivity index (χ3v) is 3.97. The Kier molecular flexibility index (Phi) is 3.55. The highest BCUT2D eigenvalue weighted by Crippen LogP contribution is 2.33. The van der Waals surface area contributed by atoms with Gasteiger partial charge in [-0.05, 0) is 32.9 Å². The van der Waals surface area contributed by atoms with E-state index in [0.717, 1.165) is 5.69 Å². The number of aromatic nitrogens is 2. The van der Waals surface area contributed by atoms with Crippen LogP contribution in [0, 0.1) is 6.92 Å². The van der Waals surface area contributed by atoms with Crippen molar-refractivity contribution in [2.75, 3.05) is 10.6 Å². The SMILES string of the molecule is CCn1ncc(NC(=O)[C@]2(C)Oc3ccccc3NC2=O)c1C. The topological polar surface area (TPSA) is 85.2 Å². The summed E-state index contributed by atoms with van der Waals surface area (Å²) in [4.78, 5) is 25.0. The Morgan fingerprint density at radius 1 is 1.43 bits per heavy atom. The largest absolute Gasteiger partial charge is 0.466 e. The Morgan fingerprint density at radius 3 is 2.87 bits per heavy atom.